The summed E-state index contributed by atoms with van der Waals surface area (Å²) in [7, 11) is -3.43. The zero-order chi connectivity index (χ0) is 14.6. The number of aryl methyl sites for hydroxylation is 1. The maximum absolute atomic E-state index is 12.1. The van der Waals surface area contributed by atoms with Gasteiger partial charge < -0.3 is 5.32 Å². The number of nitrogens with zero attached hydrogens (tertiary/aromatic N) is 1. The minimum Gasteiger partial charge on any atom is -0.313 e. The van der Waals surface area contributed by atoms with Gasteiger partial charge in [-0.15, -0.1) is 0 Å². The average Bonchev–Trinajstić information content (AvgIpc) is 2.29. The van der Waals surface area contributed by atoms with Crippen LogP contribution in [0.1, 0.15) is 26.3 Å². The second-order valence-electron chi connectivity index (χ2n) is 4.84. The van der Waals surface area contributed by atoms with Gasteiger partial charge in [-0.1, -0.05) is 13.8 Å². The van der Waals surface area contributed by atoms with Gasteiger partial charge in [0.25, 0.3) is 0 Å². The van der Waals surface area contributed by atoms with Gasteiger partial charge in [-0.2, -0.15) is 0 Å². The summed E-state index contributed by atoms with van der Waals surface area (Å²) >= 11 is 3.30. The van der Waals surface area contributed by atoms with Gasteiger partial charge in [0, 0.05) is 23.3 Å². The lowest BCUT2D eigenvalue weighted by Crippen LogP contribution is -2.37. The van der Waals surface area contributed by atoms with Crippen LogP contribution in [0, 0.1) is 6.92 Å². The smallest absolute Gasteiger partial charge is 0.237 e. The second kappa shape index (κ2) is 6.67. The van der Waals surface area contributed by atoms with Crippen molar-refractivity contribution in [2.45, 2.75) is 39.0 Å². The molecule has 0 aliphatic rings. The highest BCUT2D eigenvalue weighted by Crippen LogP contribution is 2.18. The average molecular weight is 350 g/mol. The molecule has 7 heteroatoms. The number of nitrogens with one attached hydrogen (secondary N) is 2. The Balaban J connectivity index is 2.78. The van der Waals surface area contributed by atoms with Crippen LogP contribution in [-0.4, -0.2) is 31.2 Å². The summed E-state index contributed by atoms with van der Waals surface area (Å²) in [5.74, 6) is 0.375. The van der Waals surface area contributed by atoms with E-state index in [0.29, 0.717) is 12.4 Å². The molecule has 1 rings (SSSR count). The monoisotopic (exact) mass is 349 g/mol. The molecule has 19 heavy (non-hydrogen) atoms. The Kier molecular flexibility index (Phi) is 5.76. The normalized spacial score (nSPS) is 13.6. The molecular weight excluding hydrogens is 330 g/mol. The van der Waals surface area contributed by atoms with Crippen LogP contribution in [0.2, 0.25) is 0 Å². The zero-order valence-corrected chi connectivity index (χ0v) is 14.0. The Labute approximate surface area is 123 Å². The molecular formula is C12H20BrN3O2S. The summed E-state index contributed by atoms with van der Waals surface area (Å²) in [6, 6.07) is 2.08. The molecule has 0 aliphatic heterocycles. The Hall–Kier alpha value is -0.660. The fraction of sp³-hybridized carbons (Fsp3) is 0.583. The molecule has 0 saturated carbocycles. The predicted octanol–water partition coefficient (Wildman–Crippen LogP) is 2.28. The number of anilines is 1. The maximum atomic E-state index is 12.1. The third-order valence-corrected chi connectivity index (χ3v) is 4.76. The third kappa shape index (κ3) is 5.08. The Morgan fingerprint density at radius 2 is 2.00 bits per heavy atom. The molecule has 0 amide bonds. The molecule has 0 radical (unpaired) electrons. The van der Waals surface area contributed by atoms with Crippen LogP contribution in [0.3, 0.4) is 0 Å². The molecule has 0 saturated heterocycles. The summed E-state index contributed by atoms with van der Waals surface area (Å²) in [4.78, 5) is 4.08. The van der Waals surface area contributed by atoms with Gasteiger partial charge in [0.15, 0.2) is 0 Å². The maximum Gasteiger partial charge on any atom is 0.237 e. The summed E-state index contributed by atoms with van der Waals surface area (Å²) in [6.45, 7) is 7.85. The molecule has 0 aromatic carbocycles. The summed E-state index contributed by atoms with van der Waals surface area (Å²) in [5, 5.41) is 2.59. The molecule has 1 heterocycles. The van der Waals surface area contributed by atoms with Crippen molar-refractivity contribution in [2.24, 2.45) is 0 Å². The quantitative estimate of drug-likeness (QED) is 0.826. The van der Waals surface area contributed by atoms with Crippen molar-refractivity contribution in [3.05, 3.63) is 22.3 Å². The SMILES string of the molecule is Cc1cc(Br)cnc1NS(=O)(=O)C(C)CNC(C)C. The van der Waals surface area contributed by atoms with Gasteiger partial charge >= 0.3 is 0 Å². The Bertz CT molecular complexity index is 532. The van der Waals surface area contributed by atoms with Crippen LogP contribution in [0.15, 0.2) is 16.7 Å². The lowest BCUT2D eigenvalue weighted by Gasteiger charge is -2.17. The highest BCUT2D eigenvalue weighted by molar-refractivity contribution is 9.10. The minimum absolute atomic E-state index is 0.255. The van der Waals surface area contributed by atoms with Gasteiger partial charge in [0.2, 0.25) is 10.0 Å². The first-order valence-corrected chi connectivity index (χ1v) is 8.43. The van der Waals surface area contributed by atoms with E-state index >= 15 is 0 Å². The molecule has 0 aliphatic carbocycles. The fourth-order valence-corrected chi connectivity index (χ4v) is 2.84. The molecule has 1 aromatic heterocycles. The first kappa shape index (κ1) is 16.4. The molecule has 0 fully saturated rings. The lowest BCUT2D eigenvalue weighted by atomic mass is 10.3. The van der Waals surface area contributed by atoms with Crippen LogP contribution >= 0.6 is 15.9 Å². The highest BCUT2D eigenvalue weighted by Gasteiger charge is 2.21. The largest absolute Gasteiger partial charge is 0.313 e. The number of hydrogen-bond donors (Lipinski definition) is 2. The molecule has 2 N–H and O–H groups in total. The van der Waals surface area contributed by atoms with Gasteiger partial charge in [-0.3, -0.25) is 4.72 Å². The summed E-state index contributed by atoms with van der Waals surface area (Å²) in [6.07, 6.45) is 1.57. The lowest BCUT2D eigenvalue weighted by molar-refractivity contribution is 0.553. The zero-order valence-electron chi connectivity index (χ0n) is 11.6. The minimum atomic E-state index is -3.43. The number of hydrogen-bond acceptors (Lipinski definition) is 4. The van der Waals surface area contributed by atoms with Gasteiger partial charge in [-0.25, -0.2) is 13.4 Å². The molecule has 5 nitrogen and oxygen atoms in total. The summed E-state index contributed by atoms with van der Waals surface area (Å²) < 4.78 is 27.7. The van der Waals surface area contributed by atoms with Gasteiger partial charge in [-0.05, 0) is 41.4 Å². The number of aromatic nitrogens is 1. The van der Waals surface area contributed by atoms with E-state index in [9.17, 15) is 8.42 Å². The molecule has 0 bridgehead atoms. The number of halogens is 1. The van der Waals surface area contributed by atoms with Crippen molar-refractivity contribution < 1.29 is 8.42 Å². The van der Waals surface area contributed by atoms with Gasteiger partial charge in [0.05, 0.1) is 5.25 Å². The van der Waals surface area contributed by atoms with E-state index in [1.54, 1.807) is 13.1 Å². The van der Waals surface area contributed by atoms with E-state index in [1.807, 2.05) is 26.8 Å². The molecule has 1 unspecified atom stereocenters. The molecule has 108 valence electrons. The van der Waals surface area contributed by atoms with Crippen LogP contribution in [0.5, 0.6) is 0 Å². The number of pyridine rings is 1. The number of rotatable bonds is 6. The van der Waals surface area contributed by atoms with Crippen molar-refractivity contribution in [2.75, 3.05) is 11.3 Å². The van der Waals surface area contributed by atoms with E-state index in [2.05, 4.69) is 31.0 Å². The standard InChI is InChI=1S/C12H20BrN3O2S/c1-8(2)14-6-10(4)19(17,18)16-12-9(3)5-11(13)7-15-12/h5,7-8,10,14H,6H2,1-4H3,(H,15,16). The molecule has 1 atom stereocenters. The first-order chi connectivity index (χ1) is 8.72. The van der Waals surface area contributed by atoms with E-state index in [-0.39, 0.29) is 6.04 Å². The molecule has 1 aromatic rings. The van der Waals surface area contributed by atoms with Crippen LogP contribution in [-0.2, 0) is 10.0 Å². The second-order valence-corrected chi connectivity index (χ2v) is 7.85. The van der Waals surface area contributed by atoms with E-state index < -0.39 is 15.3 Å². The fourth-order valence-electron chi connectivity index (χ4n) is 1.39. The molecule has 0 spiro atoms. The van der Waals surface area contributed by atoms with Gasteiger partial charge in [0.1, 0.15) is 5.82 Å². The van der Waals surface area contributed by atoms with Crippen LogP contribution in [0.25, 0.3) is 0 Å². The van der Waals surface area contributed by atoms with Crippen LogP contribution in [0.4, 0.5) is 5.82 Å². The summed E-state index contributed by atoms with van der Waals surface area (Å²) in [5.41, 5.74) is 0.780. The Morgan fingerprint density at radius 3 is 2.53 bits per heavy atom. The van der Waals surface area contributed by atoms with Crippen molar-refractivity contribution in [1.82, 2.24) is 10.3 Å². The van der Waals surface area contributed by atoms with E-state index in [1.165, 1.54) is 0 Å². The topological polar surface area (TPSA) is 71.1 Å². The van der Waals surface area contributed by atoms with E-state index in [4.69, 9.17) is 0 Å². The van der Waals surface area contributed by atoms with Crippen molar-refractivity contribution >= 4 is 31.8 Å². The Morgan fingerprint density at radius 1 is 1.37 bits per heavy atom. The number of sulfonamides is 1. The van der Waals surface area contributed by atoms with Crippen molar-refractivity contribution in [3.63, 3.8) is 0 Å². The highest BCUT2D eigenvalue weighted by atomic mass is 79.9. The van der Waals surface area contributed by atoms with Crippen molar-refractivity contribution in [1.29, 1.82) is 0 Å². The van der Waals surface area contributed by atoms with E-state index in [0.717, 1.165) is 10.0 Å². The van der Waals surface area contributed by atoms with Crippen molar-refractivity contribution in [3.8, 4) is 0 Å². The predicted molar refractivity (Wildman–Crippen MR) is 81.8 cm³/mol. The third-order valence-electron chi connectivity index (χ3n) is 2.63. The van der Waals surface area contributed by atoms with Crippen LogP contribution < -0.4 is 10.0 Å². The first-order valence-electron chi connectivity index (χ1n) is 6.09.